The normalized spacial score (nSPS) is 14.2. The fraction of sp³-hybridized carbons (Fsp3) is 0.286. The van der Waals surface area contributed by atoms with Crippen LogP contribution in [-0.2, 0) is 4.79 Å². The van der Waals surface area contributed by atoms with E-state index in [1.54, 1.807) is 6.07 Å². The Balaban J connectivity index is 1.64. The van der Waals surface area contributed by atoms with Crippen molar-refractivity contribution in [2.45, 2.75) is 18.9 Å². The lowest BCUT2D eigenvalue weighted by Crippen LogP contribution is -2.37. The van der Waals surface area contributed by atoms with E-state index in [4.69, 9.17) is 5.73 Å². The van der Waals surface area contributed by atoms with Crippen LogP contribution in [-0.4, -0.2) is 24.4 Å². The Labute approximate surface area is 120 Å². The summed E-state index contributed by atoms with van der Waals surface area (Å²) in [7, 11) is 0. The maximum absolute atomic E-state index is 12.0. The van der Waals surface area contributed by atoms with Gasteiger partial charge in [0.1, 0.15) is 0 Å². The summed E-state index contributed by atoms with van der Waals surface area (Å²) in [6.07, 6.45) is 2.08. The summed E-state index contributed by atoms with van der Waals surface area (Å²) < 4.78 is 1.01. The molecule has 1 heterocycles. The molecule has 0 radical (unpaired) electrons. The van der Waals surface area contributed by atoms with E-state index >= 15 is 0 Å². The van der Waals surface area contributed by atoms with Gasteiger partial charge in [0.25, 0.3) is 5.91 Å². The number of nitrogens with one attached hydrogen (secondary N) is 2. The molecular formula is C14H15N3O2S. The molecule has 4 N–H and O–H groups in total. The van der Waals surface area contributed by atoms with E-state index in [1.165, 1.54) is 11.3 Å². The van der Waals surface area contributed by atoms with Gasteiger partial charge in [-0.05, 0) is 42.5 Å². The van der Waals surface area contributed by atoms with E-state index in [-0.39, 0.29) is 18.4 Å². The van der Waals surface area contributed by atoms with Crippen molar-refractivity contribution in [3.63, 3.8) is 0 Å². The molecule has 0 bridgehead atoms. The number of hydrogen-bond acceptors (Lipinski definition) is 4. The van der Waals surface area contributed by atoms with Gasteiger partial charge in [-0.15, -0.1) is 11.3 Å². The summed E-state index contributed by atoms with van der Waals surface area (Å²) in [5, 5.41) is 6.41. The van der Waals surface area contributed by atoms with E-state index in [1.807, 2.05) is 18.2 Å². The van der Waals surface area contributed by atoms with Crippen LogP contribution in [0.25, 0.3) is 10.1 Å². The molecule has 1 aliphatic rings. The first-order chi connectivity index (χ1) is 9.61. The van der Waals surface area contributed by atoms with E-state index in [0.717, 1.165) is 22.9 Å². The number of carbonyl (C=O) groups is 2. The third-order valence-electron chi connectivity index (χ3n) is 3.12. The highest BCUT2D eigenvalue weighted by Gasteiger charge is 2.23. The molecule has 0 aliphatic heterocycles. The Kier molecular flexibility index (Phi) is 3.31. The summed E-state index contributed by atoms with van der Waals surface area (Å²) in [5.41, 5.74) is 6.38. The minimum Gasteiger partial charge on any atom is -0.399 e. The summed E-state index contributed by atoms with van der Waals surface area (Å²) >= 11 is 1.39. The van der Waals surface area contributed by atoms with Crippen LogP contribution in [0.2, 0.25) is 0 Å². The molecule has 6 heteroatoms. The second-order valence-electron chi connectivity index (χ2n) is 4.93. The third kappa shape index (κ3) is 2.91. The first-order valence-corrected chi connectivity index (χ1v) is 7.30. The Morgan fingerprint density at radius 3 is 2.85 bits per heavy atom. The van der Waals surface area contributed by atoms with Crippen molar-refractivity contribution in [1.82, 2.24) is 10.6 Å². The van der Waals surface area contributed by atoms with Crippen LogP contribution in [0.4, 0.5) is 5.69 Å². The van der Waals surface area contributed by atoms with Crippen LogP contribution in [0.15, 0.2) is 24.3 Å². The Morgan fingerprint density at radius 2 is 2.10 bits per heavy atom. The van der Waals surface area contributed by atoms with Crippen molar-refractivity contribution in [3.8, 4) is 0 Å². The first-order valence-electron chi connectivity index (χ1n) is 6.48. The number of thiophene rings is 1. The van der Waals surface area contributed by atoms with Crippen molar-refractivity contribution in [1.29, 1.82) is 0 Å². The molecule has 104 valence electrons. The third-order valence-corrected chi connectivity index (χ3v) is 4.23. The zero-order valence-electron chi connectivity index (χ0n) is 10.8. The lowest BCUT2D eigenvalue weighted by Gasteiger charge is -2.04. The predicted molar refractivity (Wildman–Crippen MR) is 79.7 cm³/mol. The lowest BCUT2D eigenvalue weighted by atomic mass is 10.2. The highest BCUT2D eigenvalue weighted by Crippen LogP contribution is 2.27. The molecule has 3 rings (SSSR count). The average molecular weight is 289 g/mol. The largest absolute Gasteiger partial charge is 0.399 e. The monoisotopic (exact) mass is 289 g/mol. The maximum atomic E-state index is 12.0. The van der Waals surface area contributed by atoms with Crippen molar-refractivity contribution in [3.05, 3.63) is 29.1 Å². The molecule has 20 heavy (non-hydrogen) atoms. The summed E-state index contributed by atoms with van der Waals surface area (Å²) in [6, 6.07) is 7.65. The average Bonchev–Trinajstić information content (AvgIpc) is 3.12. The molecule has 1 saturated carbocycles. The summed E-state index contributed by atoms with van der Waals surface area (Å²) in [4.78, 5) is 24.1. The zero-order valence-corrected chi connectivity index (χ0v) is 11.6. The van der Waals surface area contributed by atoms with Crippen molar-refractivity contribution in [2.24, 2.45) is 0 Å². The van der Waals surface area contributed by atoms with E-state index < -0.39 is 0 Å². The Hall–Kier alpha value is -2.08. The van der Waals surface area contributed by atoms with Crippen molar-refractivity contribution >= 4 is 38.9 Å². The predicted octanol–water partition coefficient (Wildman–Crippen LogP) is 1.49. The second kappa shape index (κ2) is 5.13. The standard InChI is InChI=1S/C14H15N3O2S/c15-9-1-4-11-8(5-9)6-12(20-11)14(19)16-7-13(18)17-10-2-3-10/h1,4-6,10H,2-3,7,15H2,(H,16,19)(H,17,18). The minimum atomic E-state index is -0.226. The molecule has 2 amide bonds. The molecule has 1 fully saturated rings. The number of rotatable bonds is 4. The molecule has 0 atom stereocenters. The molecule has 1 aromatic carbocycles. The number of anilines is 1. The molecular weight excluding hydrogens is 274 g/mol. The number of fused-ring (bicyclic) bond motifs is 1. The highest BCUT2D eigenvalue weighted by atomic mass is 32.1. The van der Waals surface area contributed by atoms with Gasteiger partial charge in [-0.25, -0.2) is 0 Å². The Morgan fingerprint density at radius 1 is 1.30 bits per heavy atom. The number of benzene rings is 1. The van der Waals surface area contributed by atoms with Crippen LogP contribution in [0.5, 0.6) is 0 Å². The maximum Gasteiger partial charge on any atom is 0.261 e. The van der Waals surface area contributed by atoms with Crippen LogP contribution in [0.3, 0.4) is 0 Å². The number of nitrogens with two attached hydrogens (primary N) is 1. The van der Waals surface area contributed by atoms with Gasteiger partial charge in [0.2, 0.25) is 5.91 Å². The molecule has 5 nitrogen and oxygen atoms in total. The van der Waals surface area contributed by atoms with E-state index in [2.05, 4.69) is 10.6 Å². The van der Waals surface area contributed by atoms with Gasteiger partial charge in [-0.3, -0.25) is 9.59 Å². The van der Waals surface area contributed by atoms with Crippen LogP contribution in [0.1, 0.15) is 22.5 Å². The van der Waals surface area contributed by atoms with Gasteiger partial charge in [-0.2, -0.15) is 0 Å². The van der Waals surface area contributed by atoms with Gasteiger partial charge in [0, 0.05) is 16.4 Å². The molecule has 1 aliphatic carbocycles. The number of nitrogen functional groups attached to an aromatic ring is 1. The molecule has 0 unspecified atom stereocenters. The van der Waals surface area contributed by atoms with E-state index in [9.17, 15) is 9.59 Å². The quantitative estimate of drug-likeness (QED) is 0.746. The Bertz CT molecular complexity index is 676. The van der Waals surface area contributed by atoms with Gasteiger partial charge in [-0.1, -0.05) is 0 Å². The summed E-state index contributed by atoms with van der Waals surface area (Å²) in [5.74, 6) is -0.359. The minimum absolute atomic E-state index is 0.0196. The fourth-order valence-corrected chi connectivity index (χ4v) is 2.89. The van der Waals surface area contributed by atoms with Crippen molar-refractivity contribution in [2.75, 3.05) is 12.3 Å². The number of carbonyl (C=O) groups excluding carboxylic acids is 2. The molecule has 1 aromatic heterocycles. The number of hydrogen-bond donors (Lipinski definition) is 3. The van der Waals surface area contributed by atoms with Gasteiger partial charge in [0.05, 0.1) is 11.4 Å². The fourth-order valence-electron chi connectivity index (χ4n) is 1.93. The van der Waals surface area contributed by atoms with Gasteiger partial charge >= 0.3 is 0 Å². The van der Waals surface area contributed by atoms with Gasteiger partial charge < -0.3 is 16.4 Å². The molecule has 2 aromatic rings. The first kappa shape index (κ1) is 12.9. The topological polar surface area (TPSA) is 84.2 Å². The van der Waals surface area contributed by atoms with E-state index in [0.29, 0.717) is 16.6 Å². The SMILES string of the molecule is Nc1ccc2sc(C(=O)NCC(=O)NC3CC3)cc2c1. The van der Waals surface area contributed by atoms with Crippen LogP contribution in [0, 0.1) is 0 Å². The zero-order chi connectivity index (χ0) is 14.1. The molecule has 0 spiro atoms. The van der Waals surface area contributed by atoms with Crippen LogP contribution < -0.4 is 16.4 Å². The second-order valence-corrected chi connectivity index (χ2v) is 6.02. The smallest absolute Gasteiger partial charge is 0.261 e. The van der Waals surface area contributed by atoms with Crippen LogP contribution >= 0.6 is 11.3 Å². The lowest BCUT2D eigenvalue weighted by molar-refractivity contribution is -0.120. The summed E-state index contributed by atoms with van der Waals surface area (Å²) in [6.45, 7) is 0.0196. The number of amides is 2. The van der Waals surface area contributed by atoms with Crippen molar-refractivity contribution < 1.29 is 9.59 Å². The van der Waals surface area contributed by atoms with Gasteiger partial charge in [0.15, 0.2) is 0 Å². The highest BCUT2D eigenvalue weighted by molar-refractivity contribution is 7.20. The molecule has 0 saturated heterocycles.